The van der Waals surface area contributed by atoms with Gasteiger partial charge in [-0.3, -0.25) is 0 Å². The molecule has 96 valence electrons. The van der Waals surface area contributed by atoms with Crippen LogP contribution in [-0.4, -0.2) is 16.4 Å². The van der Waals surface area contributed by atoms with Crippen LogP contribution in [0, 0.1) is 0 Å². The fourth-order valence-corrected chi connectivity index (χ4v) is 1.61. The minimum absolute atomic E-state index is 0.360. The molecule has 0 atom stereocenters. The summed E-state index contributed by atoms with van der Waals surface area (Å²) in [6, 6.07) is 20.8. The molecule has 2 rings (SSSR count). The SMILES string of the molecule is CCOP(O)O.c1ccc(-c2ccccc2)cc1. The molecule has 0 bridgehead atoms. The van der Waals surface area contributed by atoms with Gasteiger partial charge in [0.2, 0.25) is 0 Å². The van der Waals surface area contributed by atoms with E-state index in [1.165, 1.54) is 11.1 Å². The number of hydrogen-bond donors (Lipinski definition) is 2. The molecule has 2 aromatic rings. The molecule has 4 heteroatoms. The van der Waals surface area contributed by atoms with Crippen LogP contribution in [0.2, 0.25) is 0 Å². The lowest BCUT2D eigenvalue weighted by atomic mass is 10.1. The van der Waals surface area contributed by atoms with Gasteiger partial charge in [-0.25, -0.2) is 0 Å². The van der Waals surface area contributed by atoms with E-state index in [0.29, 0.717) is 6.61 Å². The zero-order valence-corrected chi connectivity index (χ0v) is 11.1. The van der Waals surface area contributed by atoms with Crippen LogP contribution in [0.25, 0.3) is 11.1 Å². The molecule has 0 amide bonds. The van der Waals surface area contributed by atoms with E-state index >= 15 is 0 Å². The zero-order chi connectivity index (χ0) is 13.2. The van der Waals surface area contributed by atoms with Crippen molar-refractivity contribution in [3.63, 3.8) is 0 Å². The van der Waals surface area contributed by atoms with Crippen LogP contribution in [0.4, 0.5) is 0 Å². The molecular formula is C14H17O3P. The molecule has 0 saturated carbocycles. The first-order valence-corrected chi connectivity index (χ1v) is 6.81. The largest absolute Gasteiger partial charge is 0.328 e. The molecule has 0 aromatic heterocycles. The Balaban J connectivity index is 0.000000232. The summed E-state index contributed by atoms with van der Waals surface area (Å²) >= 11 is 0. The van der Waals surface area contributed by atoms with E-state index in [9.17, 15) is 0 Å². The minimum Gasteiger partial charge on any atom is -0.328 e. The van der Waals surface area contributed by atoms with Gasteiger partial charge in [-0.1, -0.05) is 60.7 Å². The molecule has 0 aliphatic carbocycles. The fourth-order valence-electron chi connectivity index (χ4n) is 1.38. The van der Waals surface area contributed by atoms with Crippen LogP contribution in [0.3, 0.4) is 0 Å². The Morgan fingerprint density at radius 2 is 1.22 bits per heavy atom. The Labute approximate surface area is 109 Å². The van der Waals surface area contributed by atoms with Crippen LogP contribution < -0.4 is 0 Å². The molecule has 2 N–H and O–H groups in total. The number of benzene rings is 2. The maximum atomic E-state index is 7.95. The first-order valence-electron chi connectivity index (χ1n) is 5.65. The first-order chi connectivity index (χ1) is 8.74. The molecule has 2 aromatic carbocycles. The predicted molar refractivity (Wildman–Crippen MR) is 74.9 cm³/mol. The Morgan fingerprint density at radius 1 is 0.833 bits per heavy atom. The monoisotopic (exact) mass is 264 g/mol. The van der Waals surface area contributed by atoms with E-state index in [4.69, 9.17) is 9.79 Å². The Bertz CT molecular complexity index is 380. The second-order valence-corrected chi connectivity index (χ2v) is 4.17. The van der Waals surface area contributed by atoms with Gasteiger partial charge in [-0.15, -0.1) is 0 Å². The number of rotatable bonds is 3. The molecule has 0 heterocycles. The van der Waals surface area contributed by atoms with Crippen molar-refractivity contribution in [2.75, 3.05) is 6.61 Å². The van der Waals surface area contributed by atoms with E-state index in [0.717, 1.165) is 0 Å². The molecule has 18 heavy (non-hydrogen) atoms. The fraction of sp³-hybridized carbons (Fsp3) is 0.143. The first kappa shape index (κ1) is 14.8. The van der Waals surface area contributed by atoms with Crippen LogP contribution in [0.15, 0.2) is 60.7 Å². The van der Waals surface area contributed by atoms with Crippen LogP contribution in [0.1, 0.15) is 6.92 Å². The highest BCUT2D eigenvalue weighted by Gasteiger charge is 1.92. The lowest BCUT2D eigenvalue weighted by molar-refractivity contribution is 0.269. The van der Waals surface area contributed by atoms with Crippen molar-refractivity contribution in [2.45, 2.75) is 6.92 Å². The molecular weight excluding hydrogens is 247 g/mol. The van der Waals surface area contributed by atoms with Gasteiger partial charge in [-0.05, 0) is 18.1 Å². The molecule has 0 spiro atoms. The highest BCUT2D eigenvalue weighted by molar-refractivity contribution is 7.39. The highest BCUT2D eigenvalue weighted by Crippen LogP contribution is 2.22. The molecule has 0 unspecified atom stereocenters. The van der Waals surface area contributed by atoms with Crippen molar-refractivity contribution in [3.8, 4) is 11.1 Å². The van der Waals surface area contributed by atoms with E-state index < -0.39 is 8.60 Å². The lowest BCUT2D eigenvalue weighted by Crippen LogP contribution is -1.78. The summed E-state index contributed by atoms with van der Waals surface area (Å²) in [5.41, 5.74) is 2.55. The molecule has 0 fully saturated rings. The summed E-state index contributed by atoms with van der Waals surface area (Å²) in [5, 5.41) is 0. The average Bonchev–Trinajstić information content (AvgIpc) is 2.41. The number of hydrogen-bond acceptors (Lipinski definition) is 3. The van der Waals surface area contributed by atoms with Crippen molar-refractivity contribution in [1.82, 2.24) is 0 Å². The molecule has 0 saturated heterocycles. The normalized spacial score (nSPS) is 9.78. The summed E-state index contributed by atoms with van der Waals surface area (Å²) in [5.74, 6) is 0. The average molecular weight is 264 g/mol. The van der Waals surface area contributed by atoms with Gasteiger partial charge in [0.1, 0.15) is 0 Å². The summed E-state index contributed by atoms with van der Waals surface area (Å²) < 4.78 is 4.22. The van der Waals surface area contributed by atoms with E-state index in [1.54, 1.807) is 6.92 Å². The van der Waals surface area contributed by atoms with Gasteiger partial charge in [0.05, 0.1) is 6.61 Å². The third kappa shape index (κ3) is 5.89. The van der Waals surface area contributed by atoms with Crippen molar-refractivity contribution in [2.24, 2.45) is 0 Å². The standard InChI is InChI=1S/C12H10.C2H7O3P/c1-3-7-11(8-4-1)12-9-5-2-6-10-12;1-2-5-6(3)4/h1-10H;3-4H,2H2,1H3. The summed E-state index contributed by atoms with van der Waals surface area (Å²) in [7, 11) is -2.10. The smallest absolute Gasteiger partial charge is 0.327 e. The maximum Gasteiger partial charge on any atom is 0.327 e. The summed E-state index contributed by atoms with van der Waals surface area (Å²) in [4.78, 5) is 15.9. The van der Waals surface area contributed by atoms with Gasteiger partial charge < -0.3 is 14.3 Å². The summed E-state index contributed by atoms with van der Waals surface area (Å²) in [6.07, 6.45) is 0. The third-order valence-electron chi connectivity index (χ3n) is 2.13. The topological polar surface area (TPSA) is 49.7 Å². The van der Waals surface area contributed by atoms with Crippen LogP contribution in [-0.2, 0) is 4.52 Å². The Hall–Kier alpha value is -1.25. The van der Waals surface area contributed by atoms with Crippen molar-refractivity contribution >= 4 is 8.60 Å². The minimum atomic E-state index is -2.10. The third-order valence-corrected chi connectivity index (χ3v) is 2.61. The van der Waals surface area contributed by atoms with Gasteiger partial charge in [-0.2, -0.15) is 0 Å². The van der Waals surface area contributed by atoms with Gasteiger partial charge in [0.25, 0.3) is 0 Å². The second-order valence-electron chi connectivity index (χ2n) is 3.40. The maximum absolute atomic E-state index is 7.95. The van der Waals surface area contributed by atoms with Crippen LogP contribution >= 0.6 is 8.60 Å². The van der Waals surface area contributed by atoms with Gasteiger partial charge >= 0.3 is 8.60 Å². The van der Waals surface area contributed by atoms with E-state index in [2.05, 4.69) is 53.1 Å². The van der Waals surface area contributed by atoms with Crippen molar-refractivity contribution in [1.29, 1.82) is 0 Å². The zero-order valence-electron chi connectivity index (χ0n) is 10.2. The van der Waals surface area contributed by atoms with E-state index in [-0.39, 0.29) is 0 Å². The lowest BCUT2D eigenvalue weighted by Gasteiger charge is -1.98. The molecule has 0 radical (unpaired) electrons. The Kier molecular flexibility index (Phi) is 7.23. The molecule has 0 aliphatic heterocycles. The summed E-state index contributed by atoms with van der Waals surface area (Å²) in [6.45, 7) is 2.06. The van der Waals surface area contributed by atoms with Gasteiger partial charge in [0, 0.05) is 0 Å². The molecule has 0 aliphatic rings. The van der Waals surface area contributed by atoms with Crippen LogP contribution in [0.5, 0.6) is 0 Å². The Morgan fingerprint density at radius 3 is 1.44 bits per heavy atom. The predicted octanol–water partition coefficient (Wildman–Crippen LogP) is 3.59. The van der Waals surface area contributed by atoms with E-state index in [1.807, 2.05) is 12.1 Å². The van der Waals surface area contributed by atoms with Crippen molar-refractivity contribution < 1.29 is 14.3 Å². The quantitative estimate of drug-likeness (QED) is 0.833. The van der Waals surface area contributed by atoms with Crippen molar-refractivity contribution in [3.05, 3.63) is 60.7 Å². The highest BCUT2D eigenvalue weighted by atomic mass is 31.2. The second kappa shape index (κ2) is 8.78. The molecule has 3 nitrogen and oxygen atoms in total. The van der Waals surface area contributed by atoms with Gasteiger partial charge in [0.15, 0.2) is 0 Å².